The third-order valence-corrected chi connectivity index (χ3v) is 3.11. The Balaban J connectivity index is 2.43. The summed E-state index contributed by atoms with van der Waals surface area (Å²) >= 11 is 1.37. The Morgan fingerprint density at radius 1 is 1.71 bits per heavy atom. The number of amidine groups is 1. The molecule has 0 bridgehead atoms. The molecule has 0 aliphatic heterocycles. The van der Waals surface area contributed by atoms with E-state index in [4.69, 9.17) is 5.73 Å². The Labute approximate surface area is 105 Å². The van der Waals surface area contributed by atoms with Crippen molar-refractivity contribution in [1.82, 2.24) is 10.3 Å². The molecule has 0 radical (unpaired) electrons. The second kappa shape index (κ2) is 7.13. The first-order valence-corrected chi connectivity index (χ1v) is 6.40. The van der Waals surface area contributed by atoms with E-state index in [9.17, 15) is 4.79 Å². The van der Waals surface area contributed by atoms with E-state index in [1.165, 1.54) is 11.3 Å². The molecule has 6 heteroatoms. The monoisotopic (exact) mass is 254 g/mol. The van der Waals surface area contributed by atoms with E-state index in [-0.39, 0.29) is 11.8 Å². The van der Waals surface area contributed by atoms with Crippen molar-refractivity contribution in [2.75, 3.05) is 13.6 Å². The standard InChI is InChI=1S/C11H18N4OS/c1-8(12)14-5-3-4-9(13-2)10(16)11-15-6-7-17-11/h6-7,9,13H,3-5H2,1-2H3,(H2,12,14). The third-order valence-electron chi connectivity index (χ3n) is 2.32. The van der Waals surface area contributed by atoms with Crippen LogP contribution in [0.5, 0.6) is 0 Å². The Morgan fingerprint density at radius 3 is 3.00 bits per heavy atom. The van der Waals surface area contributed by atoms with Gasteiger partial charge in [0.2, 0.25) is 5.78 Å². The fraction of sp³-hybridized carbons (Fsp3) is 0.545. The van der Waals surface area contributed by atoms with E-state index in [1.54, 1.807) is 20.2 Å². The third kappa shape index (κ3) is 4.62. The quantitative estimate of drug-likeness (QED) is 0.330. The fourth-order valence-corrected chi connectivity index (χ4v) is 2.08. The van der Waals surface area contributed by atoms with Crippen molar-refractivity contribution >= 4 is 23.0 Å². The fourth-order valence-electron chi connectivity index (χ4n) is 1.45. The molecule has 1 aromatic heterocycles. The summed E-state index contributed by atoms with van der Waals surface area (Å²) in [6.45, 7) is 2.42. The van der Waals surface area contributed by atoms with Crippen molar-refractivity contribution in [3.8, 4) is 0 Å². The van der Waals surface area contributed by atoms with Gasteiger partial charge >= 0.3 is 0 Å². The van der Waals surface area contributed by atoms with Gasteiger partial charge in [-0.3, -0.25) is 9.79 Å². The summed E-state index contributed by atoms with van der Waals surface area (Å²) in [5.74, 6) is 0.633. The van der Waals surface area contributed by atoms with Gasteiger partial charge in [0.25, 0.3) is 0 Å². The first-order valence-electron chi connectivity index (χ1n) is 5.52. The van der Waals surface area contributed by atoms with Gasteiger partial charge in [-0.05, 0) is 26.8 Å². The molecular formula is C11H18N4OS. The lowest BCUT2D eigenvalue weighted by Crippen LogP contribution is -2.34. The van der Waals surface area contributed by atoms with E-state index in [0.29, 0.717) is 17.4 Å². The first kappa shape index (κ1) is 13.8. The predicted molar refractivity (Wildman–Crippen MR) is 70.7 cm³/mol. The molecule has 3 N–H and O–H groups in total. The first-order chi connectivity index (χ1) is 8.15. The Hall–Kier alpha value is -1.27. The van der Waals surface area contributed by atoms with Crippen LogP contribution in [0.1, 0.15) is 29.6 Å². The summed E-state index contributed by atoms with van der Waals surface area (Å²) in [5, 5.41) is 5.38. The van der Waals surface area contributed by atoms with Crippen LogP contribution in [0.25, 0.3) is 0 Å². The Bertz CT molecular complexity index is 371. The normalized spacial score (nSPS) is 13.6. The lowest BCUT2D eigenvalue weighted by Gasteiger charge is -2.12. The molecular weight excluding hydrogens is 236 g/mol. The van der Waals surface area contributed by atoms with Gasteiger partial charge in [-0.1, -0.05) is 0 Å². The molecule has 0 saturated carbocycles. The molecule has 0 aliphatic carbocycles. The Morgan fingerprint density at radius 2 is 2.47 bits per heavy atom. The van der Waals surface area contributed by atoms with Crippen LogP contribution in [-0.2, 0) is 0 Å². The number of nitrogens with one attached hydrogen (secondary N) is 1. The largest absolute Gasteiger partial charge is 0.388 e. The minimum Gasteiger partial charge on any atom is -0.388 e. The highest BCUT2D eigenvalue weighted by Gasteiger charge is 2.19. The second-order valence-corrected chi connectivity index (χ2v) is 4.60. The average Bonchev–Trinajstić information content (AvgIpc) is 2.81. The summed E-state index contributed by atoms with van der Waals surface area (Å²) in [4.78, 5) is 20.1. The van der Waals surface area contributed by atoms with Gasteiger partial charge in [0, 0.05) is 18.1 Å². The van der Waals surface area contributed by atoms with Crippen LogP contribution in [0.4, 0.5) is 0 Å². The number of thiazole rings is 1. The van der Waals surface area contributed by atoms with Gasteiger partial charge < -0.3 is 11.1 Å². The van der Waals surface area contributed by atoms with E-state index in [2.05, 4.69) is 15.3 Å². The number of rotatable bonds is 7. The van der Waals surface area contributed by atoms with E-state index in [0.717, 1.165) is 12.8 Å². The lowest BCUT2D eigenvalue weighted by atomic mass is 10.1. The average molecular weight is 254 g/mol. The van der Waals surface area contributed by atoms with Crippen molar-refractivity contribution in [2.45, 2.75) is 25.8 Å². The van der Waals surface area contributed by atoms with Crippen molar-refractivity contribution in [3.05, 3.63) is 16.6 Å². The number of carbonyl (C=O) groups excluding carboxylic acids is 1. The number of aromatic nitrogens is 1. The lowest BCUT2D eigenvalue weighted by molar-refractivity contribution is 0.0941. The van der Waals surface area contributed by atoms with Crippen LogP contribution in [0.15, 0.2) is 16.6 Å². The molecule has 1 atom stereocenters. The zero-order valence-electron chi connectivity index (χ0n) is 10.1. The molecule has 0 aliphatic rings. The van der Waals surface area contributed by atoms with Crippen LogP contribution in [0, 0.1) is 0 Å². The molecule has 1 aromatic rings. The number of aliphatic imine (C=N–C) groups is 1. The smallest absolute Gasteiger partial charge is 0.208 e. The summed E-state index contributed by atoms with van der Waals surface area (Å²) < 4.78 is 0. The van der Waals surface area contributed by atoms with Gasteiger partial charge in [-0.25, -0.2) is 4.98 Å². The maximum absolute atomic E-state index is 12.0. The topological polar surface area (TPSA) is 80.4 Å². The maximum Gasteiger partial charge on any atom is 0.208 e. The molecule has 0 saturated heterocycles. The van der Waals surface area contributed by atoms with Gasteiger partial charge in [0.1, 0.15) is 0 Å². The molecule has 1 rings (SSSR count). The van der Waals surface area contributed by atoms with Crippen molar-refractivity contribution in [1.29, 1.82) is 0 Å². The van der Waals surface area contributed by atoms with Gasteiger partial charge in [0.15, 0.2) is 5.01 Å². The number of nitrogens with two attached hydrogens (primary N) is 1. The summed E-state index contributed by atoms with van der Waals surface area (Å²) in [6, 6.07) is -0.186. The van der Waals surface area contributed by atoms with Crippen LogP contribution in [-0.4, -0.2) is 36.2 Å². The number of hydrogen-bond acceptors (Lipinski definition) is 5. The molecule has 1 heterocycles. The number of Topliss-reactive ketones (excluding diaryl/α,β-unsaturated/α-hetero) is 1. The van der Waals surface area contributed by atoms with E-state index < -0.39 is 0 Å². The van der Waals surface area contributed by atoms with Gasteiger partial charge in [0.05, 0.1) is 11.9 Å². The molecule has 0 aromatic carbocycles. The minimum atomic E-state index is -0.186. The number of carbonyl (C=O) groups is 1. The molecule has 5 nitrogen and oxygen atoms in total. The second-order valence-electron chi connectivity index (χ2n) is 3.71. The molecule has 1 unspecified atom stereocenters. The van der Waals surface area contributed by atoms with Gasteiger partial charge in [-0.2, -0.15) is 0 Å². The zero-order valence-corrected chi connectivity index (χ0v) is 11.0. The molecule has 94 valence electrons. The SMILES string of the molecule is CNC(CCCN=C(C)N)C(=O)c1nccs1. The van der Waals surface area contributed by atoms with Crippen LogP contribution in [0.3, 0.4) is 0 Å². The van der Waals surface area contributed by atoms with Crippen LogP contribution < -0.4 is 11.1 Å². The summed E-state index contributed by atoms with van der Waals surface area (Å²) in [5.41, 5.74) is 5.44. The molecule has 0 amide bonds. The number of hydrogen-bond donors (Lipinski definition) is 2. The number of nitrogens with zero attached hydrogens (tertiary/aromatic N) is 2. The zero-order chi connectivity index (χ0) is 12.7. The molecule has 0 fully saturated rings. The van der Waals surface area contributed by atoms with Crippen molar-refractivity contribution in [2.24, 2.45) is 10.7 Å². The molecule has 17 heavy (non-hydrogen) atoms. The number of likely N-dealkylation sites (N-methyl/N-ethyl adjacent to an activating group) is 1. The van der Waals surface area contributed by atoms with Crippen LogP contribution >= 0.6 is 11.3 Å². The van der Waals surface area contributed by atoms with E-state index >= 15 is 0 Å². The Kier molecular flexibility index (Phi) is 5.79. The predicted octanol–water partition coefficient (Wildman–Crippen LogP) is 1.07. The highest BCUT2D eigenvalue weighted by Crippen LogP contribution is 2.10. The summed E-state index contributed by atoms with van der Waals surface area (Å²) in [7, 11) is 1.79. The van der Waals surface area contributed by atoms with Crippen molar-refractivity contribution in [3.63, 3.8) is 0 Å². The van der Waals surface area contributed by atoms with Crippen LogP contribution in [0.2, 0.25) is 0 Å². The number of ketones is 1. The van der Waals surface area contributed by atoms with Crippen molar-refractivity contribution < 1.29 is 4.79 Å². The maximum atomic E-state index is 12.0. The summed E-state index contributed by atoms with van der Waals surface area (Å²) in [6.07, 6.45) is 3.22. The minimum absolute atomic E-state index is 0.0518. The highest BCUT2D eigenvalue weighted by atomic mass is 32.1. The van der Waals surface area contributed by atoms with E-state index in [1.807, 2.05) is 5.38 Å². The van der Waals surface area contributed by atoms with Gasteiger partial charge in [-0.15, -0.1) is 11.3 Å². The molecule has 0 spiro atoms. The highest BCUT2D eigenvalue weighted by molar-refractivity contribution is 7.11.